The molecular weight excluding hydrogens is 312 g/mol. The van der Waals surface area contributed by atoms with Crippen molar-refractivity contribution in [3.8, 4) is 0 Å². The summed E-state index contributed by atoms with van der Waals surface area (Å²) in [4.78, 5) is 21.9. The first kappa shape index (κ1) is 18.2. The molecule has 7 heteroatoms. The number of rotatable bonds is 5. The van der Waals surface area contributed by atoms with Crippen LogP contribution < -0.4 is 5.32 Å². The summed E-state index contributed by atoms with van der Waals surface area (Å²) in [6.45, 7) is 11.3. The Morgan fingerprint density at radius 2 is 2.26 bits per heavy atom. The zero-order chi connectivity index (χ0) is 17.0. The van der Waals surface area contributed by atoms with Crippen molar-refractivity contribution >= 4 is 17.4 Å². The molecule has 0 saturated carbocycles. The van der Waals surface area contributed by atoms with Gasteiger partial charge in [-0.1, -0.05) is 0 Å². The Labute approximate surface area is 142 Å². The fourth-order valence-electron chi connectivity index (χ4n) is 2.92. The molecular formula is C16H28N4O2S. The molecule has 1 aliphatic heterocycles. The van der Waals surface area contributed by atoms with E-state index in [4.69, 9.17) is 0 Å². The fourth-order valence-corrected chi connectivity index (χ4v) is 3.71. The second-order valence-corrected chi connectivity index (χ2v) is 8.26. The minimum absolute atomic E-state index is 0.00585. The molecule has 130 valence electrons. The van der Waals surface area contributed by atoms with Crippen LogP contribution >= 0.6 is 11.3 Å². The molecule has 1 aromatic heterocycles. The van der Waals surface area contributed by atoms with Crippen LogP contribution in [0.25, 0.3) is 0 Å². The maximum absolute atomic E-state index is 12.3. The first-order chi connectivity index (χ1) is 10.7. The van der Waals surface area contributed by atoms with Crippen molar-refractivity contribution in [1.82, 2.24) is 20.1 Å². The summed E-state index contributed by atoms with van der Waals surface area (Å²) in [5, 5.41) is 14.0. The van der Waals surface area contributed by atoms with E-state index in [0.29, 0.717) is 19.6 Å². The highest BCUT2D eigenvalue weighted by atomic mass is 32.1. The van der Waals surface area contributed by atoms with Gasteiger partial charge in [0.05, 0.1) is 10.6 Å². The number of nitrogens with one attached hydrogen (secondary N) is 1. The largest absolute Gasteiger partial charge is 0.389 e. The summed E-state index contributed by atoms with van der Waals surface area (Å²) in [6, 6.07) is 0.141. The third kappa shape index (κ3) is 5.75. The number of β-amino-alcohol motifs (C(OH)–C–C–N with tert-alkyl or cyclic N) is 1. The topological polar surface area (TPSA) is 68.7 Å². The number of thiazole rings is 1. The van der Waals surface area contributed by atoms with Crippen molar-refractivity contribution in [2.24, 2.45) is 0 Å². The number of carbonyl (C=O) groups is 1. The van der Waals surface area contributed by atoms with Crippen LogP contribution in [-0.2, 0) is 6.42 Å². The van der Waals surface area contributed by atoms with Crippen molar-refractivity contribution in [3.63, 3.8) is 0 Å². The van der Waals surface area contributed by atoms with E-state index in [-0.39, 0.29) is 12.1 Å². The Balaban J connectivity index is 1.75. The molecule has 1 aliphatic rings. The number of hydrogen-bond acceptors (Lipinski definition) is 5. The number of aliphatic hydroxyl groups is 1. The van der Waals surface area contributed by atoms with Crippen LogP contribution in [0, 0.1) is 6.92 Å². The van der Waals surface area contributed by atoms with Crippen LogP contribution in [0.2, 0.25) is 0 Å². The first-order valence-corrected chi connectivity index (χ1v) is 8.97. The predicted octanol–water partition coefficient (Wildman–Crippen LogP) is 1.48. The number of nitrogens with zero attached hydrogens (tertiary/aromatic N) is 3. The minimum Gasteiger partial charge on any atom is -0.389 e. The summed E-state index contributed by atoms with van der Waals surface area (Å²) in [7, 11) is 0. The van der Waals surface area contributed by atoms with Gasteiger partial charge >= 0.3 is 6.03 Å². The van der Waals surface area contributed by atoms with Crippen molar-refractivity contribution in [2.75, 3.05) is 32.7 Å². The normalized spacial score (nSPS) is 19.9. The number of hydrogen-bond donors (Lipinski definition) is 2. The summed E-state index contributed by atoms with van der Waals surface area (Å²) < 4.78 is 0. The SMILES string of the molecule is Cc1cnc(CCNC(=O)N2CCN(CC(C)(C)O)C[C@H]2C)s1. The molecule has 0 unspecified atom stereocenters. The molecule has 2 amide bonds. The average molecular weight is 340 g/mol. The summed E-state index contributed by atoms with van der Waals surface area (Å²) in [6.07, 6.45) is 2.64. The number of aryl methyl sites for hydroxylation is 1. The Bertz CT molecular complexity index is 526. The van der Waals surface area contributed by atoms with Gasteiger partial charge in [0.25, 0.3) is 0 Å². The molecule has 1 saturated heterocycles. The van der Waals surface area contributed by atoms with Crippen molar-refractivity contribution in [3.05, 3.63) is 16.1 Å². The zero-order valence-electron chi connectivity index (χ0n) is 14.5. The van der Waals surface area contributed by atoms with Gasteiger partial charge in [-0.15, -0.1) is 11.3 Å². The lowest BCUT2D eigenvalue weighted by Gasteiger charge is -2.41. The fraction of sp³-hybridized carbons (Fsp3) is 0.750. The summed E-state index contributed by atoms with van der Waals surface area (Å²) >= 11 is 1.67. The van der Waals surface area contributed by atoms with E-state index in [9.17, 15) is 9.90 Å². The van der Waals surface area contributed by atoms with E-state index >= 15 is 0 Å². The molecule has 2 rings (SSSR count). The molecule has 6 nitrogen and oxygen atoms in total. The van der Waals surface area contributed by atoms with E-state index in [1.807, 2.05) is 31.9 Å². The second kappa shape index (κ2) is 7.59. The molecule has 1 fully saturated rings. The Kier molecular flexibility index (Phi) is 6.00. The van der Waals surface area contributed by atoms with Crippen LogP contribution in [0.15, 0.2) is 6.20 Å². The number of carbonyl (C=O) groups excluding carboxylic acids is 1. The van der Waals surface area contributed by atoms with Crippen LogP contribution in [0.1, 0.15) is 30.7 Å². The highest BCUT2D eigenvalue weighted by Crippen LogP contribution is 2.14. The lowest BCUT2D eigenvalue weighted by Crippen LogP contribution is -2.58. The molecule has 0 spiro atoms. The van der Waals surface area contributed by atoms with Gasteiger partial charge in [-0.2, -0.15) is 0 Å². The van der Waals surface area contributed by atoms with E-state index < -0.39 is 5.60 Å². The second-order valence-electron chi connectivity index (χ2n) is 6.94. The third-order valence-corrected chi connectivity index (χ3v) is 4.84. The molecule has 0 aromatic carbocycles. The molecule has 2 heterocycles. The van der Waals surface area contributed by atoms with Gasteiger partial charge in [-0.3, -0.25) is 4.90 Å². The van der Waals surface area contributed by atoms with Crippen LogP contribution in [0.5, 0.6) is 0 Å². The van der Waals surface area contributed by atoms with Crippen molar-refractivity contribution in [2.45, 2.75) is 45.8 Å². The molecule has 0 bridgehead atoms. The number of aromatic nitrogens is 1. The standard InChI is InChI=1S/C16H28N4O2S/c1-12-10-19(11-16(3,4)22)7-8-20(12)15(21)17-6-5-14-18-9-13(2)23-14/h9,12,22H,5-8,10-11H2,1-4H3,(H,17,21)/t12-/m1/s1. The van der Waals surface area contributed by atoms with Gasteiger partial charge in [0.2, 0.25) is 0 Å². The first-order valence-electron chi connectivity index (χ1n) is 8.15. The summed E-state index contributed by atoms with van der Waals surface area (Å²) in [5.41, 5.74) is -0.698. The van der Waals surface area contributed by atoms with E-state index in [1.54, 1.807) is 11.3 Å². The molecule has 1 aromatic rings. The average Bonchev–Trinajstić information content (AvgIpc) is 2.82. The van der Waals surface area contributed by atoms with Gasteiger partial charge in [-0.25, -0.2) is 9.78 Å². The third-order valence-electron chi connectivity index (χ3n) is 3.87. The van der Waals surface area contributed by atoms with Gasteiger partial charge in [0, 0.05) is 56.3 Å². The van der Waals surface area contributed by atoms with E-state index in [0.717, 1.165) is 24.5 Å². The number of urea groups is 1. The maximum Gasteiger partial charge on any atom is 0.317 e. The van der Waals surface area contributed by atoms with Gasteiger partial charge in [0.1, 0.15) is 0 Å². The number of amides is 2. The smallest absolute Gasteiger partial charge is 0.317 e. The van der Waals surface area contributed by atoms with Gasteiger partial charge in [0.15, 0.2) is 0 Å². The monoisotopic (exact) mass is 340 g/mol. The summed E-state index contributed by atoms with van der Waals surface area (Å²) in [5.74, 6) is 0. The molecule has 2 N–H and O–H groups in total. The van der Waals surface area contributed by atoms with Crippen LogP contribution in [0.3, 0.4) is 0 Å². The Morgan fingerprint density at radius 1 is 1.52 bits per heavy atom. The lowest BCUT2D eigenvalue weighted by molar-refractivity contribution is 0.0119. The number of piperazine rings is 1. The van der Waals surface area contributed by atoms with Crippen LogP contribution in [0.4, 0.5) is 4.79 Å². The quantitative estimate of drug-likeness (QED) is 0.852. The molecule has 0 radical (unpaired) electrons. The Hall–Kier alpha value is -1.18. The van der Waals surface area contributed by atoms with E-state index in [2.05, 4.69) is 22.1 Å². The molecule has 1 atom stereocenters. The van der Waals surface area contributed by atoms with E-state index in [1.165, 1.54) is 4.88 Å². The zero-order valence-corrected chi connectivity index (χ0v) is 15.3. The lowest BCUT2D eigenvalue weighted by atomic mass is 10.1. The van der Waals surface area contributed by atoms with Crippen molar-refractivity contribution < 1.29 is 9.90 Å². The highest BCUT2D eigenvalue weighted by molar-refractivity contribution is 7.11. The Morgan fingerprint density at radius 3 is 2.83 bits per heavy atom. The maximum atomic E-state index is 12.3. The van der Waals surface area contributed by atoms with Crippen molar-refractivity contribution in [1.29, 1.82) is 0 Å². The molecule has 23 heavy (non-hydrogen) atoms. The van der Waals surface area contributed by atoms with Gasteiger partial charge < -0.3 is 15.3 Å². The highest BCUT2D eigenvalue weighted by Gasteiger charge is 2.29. The van der Waals surface area contributed by atoms with Gasteiger partial charge in [-0.05, 0) is 27.7 Å². The molecule has 0 aliphatic carbocycles. The van der Waals surface area contributed by atoms with Crippen LogP contribution in [-0.4, -0.2) is 70.3 Å². The predicted molar refractivity (Wildman–Crippen MR) is 92.9 cm³/mol. The minimum atomic E-state index is -0.698.